The molecule has 0 spiro atoms. The van der Waals surface area contributed by atoms with Gasteiger partial charge < -0.3 is 28.4 Å². The van der Waals surface area contributed by atoms with Crippen molar-refractivity contribution < 1.29 is 52.0 Å². The molecule has 392 valence electrons. The molecule has 0 bridgehead atoms. The van der Waals surface area contributed by atoms with Crippen LogP contribution in [-0.2, 0) is 0 Å². The highest BCUT2D eigenvalue weighted by atomic mass is 19.1. The molecule has 0 radical (unpaired) electrons. The number of unbranched alkanes of at least 4 members (excludes halogenated alkanes) is 22. The van der Waals surface area contributed by atoms with Crippen LogP contribution >= 0.6 is 0 Å². The van der Waals surface area contributed by atoms with Crippen molar-refractivity contribution in [3.05, 3.63) is 143 Å². The van der Waals surface area contributed by atoms with E-state index in [1.54, 1.807) is 30.3 Å². The number of hydrogen-bond acceptors (Lipinski definition) is 10. The Hall–Kier alpha value is -6.49. The van der Waals surface area contributed by atoms with Gasteiger partial charge in [-0.2, -0.15) is 0 Å². The predicted octanol–water partition coefficient (Wildman–Crippen LogP) is 16.9. The third-order valence-corrected chi connectivity index (χ3v) is 12.6. The molecule has 0 fully saturated rings. The Kier molecular flexibility index (Phi) is 26.8. The molecule has 0 aliphatic heterocycles. The lowest BCUT2D eigenvalue weighted by Gasteiger charge is -2.10. The van der Waals surface area contributed by atoms with E-state index in [1.165, 1.54) is 201 Å². The molecule has 5 aromatic carbocycles. The number of carbonyl (C=O) groups excluding carboxylic acids is 4. The normalized spacial score (nSPS) is 10.9. The number of halogens is 1. The highest BCUT2D eigenvalue weighted by Gasteiger charge is 2.17. The second kappa shape index (κ2) is 34.0. The smallest absolute Gasteiger partial charge is 0.343 e. The van der Waals surface area contributed by atoms with Crippen molar-refractivity contribution in [1.29, 1.82) is 0 Å². The molecule has 5 rings (SSSR count). The van der Waals surface area contributed by atoms with Crippen LogP contribution in [0, 0.1) is 5.82 Å². The Bertz CT molecular complexity index is 2380. The summed E-state index contributed by atoms with van der Waals surface area (Å²) in [6, 6.07) is 28.5. The lowest BCUT2D eigenvalue weighted by molar-refractivity contribution is 0.0723. The fourth-order valence-corrected chi connectivity index (χ4v) is 8.27. The molecule has 0 heterocycles. The minimum Gasteiger partial charge on any atom is -0.494 e. The lowest BCUT2D eigenvalue weighted by Crippen LogP contribution is -2.11. The van der Waals surface area contributed by atoms with Gasteiger partial charge in [0.15, 0.2) is 11.6 Å². The van der Waals surface area contributed by atoms with E-state index in [1.807, 2.05) is 0 Å². The van der Waals surface area contributed by atoms with Gasteiger partial charge in [-0.25, -0.2) is 23.6 Å². The van der Waals surface area contributed by atoms with Gasteiger partial charge in [0.2, 0.25) is 0 Å². The number of hydrogen-bond donors (Lipinski definition) is 0. The van der Waals surface area contributed by atoms with Crippen LogP contribution in [0.3, 0.4) is 0 Å². The molecule has 0 saturated carbocycles. The Morgan fingerprint density at radius 1 is 0.329 bits per heavy atom. The summed E-state index contributed by atoms with van der Waals surface area (Å²) < 4.78 is 48.4. The summed E-state index contributed by atoms with van der Waals surface area (Å²) in [5, 5.41) is 0. The van der Waals surface area contributed by atoms with E-state index < -0.39 is 29.7 Å². The van der Waals surface area contributed by atoms with Crippen LogP contribution in [0.1, 0.15) is 209 Å². The highest BCUT2D eigenvalue weighted by molar-refractivity contribution is 5.94. The van der Waals surface area contributed by atoms with Crippen LogP contribution in [-0.4, -0.2) is 37.1 Å². The van der Waals surface area contributed by atoms with Crippen LogP contribution in [0.4, 0.5) is 4.39 Å². The zero-order valence-corrected chi connectivity index (χ0v) is 43.3. The first kappa shape index (κ1) is 57.4. The maximum Gasteiger partial charge on any atom is 0.343 e. The third kappa shape index (κ3) is 22.4. The van der Waals surface area contributed by atoms with Crippen LogP contribution in [0.5, 0.6) is 34.5 Å². The monoisotopic (exact) mass is 1000 g/mol. The number of esters is 4. The van der Waals surface area contributed by atoms with Gasteiger partial charge in [0.1, 0.15) is 28.7 Å². The van der Waals surface area contributed by atoms with Gasteiger partial charge in [0.05, 0.1) is 35.5 Å². The van der Waals surface area contributed by atoms with E-state index >= 15 is 0 Å². The molecule has 0 amide bonds. The van der Waals surface area contributed by atoms with Gasteiger partial charge in [-0.15, -0.1) is 0 Å². The summed E-state index contributed by atoms with van der Waals surface area (Å²) in [4.78, 5) is 51.7. The molecule has 0 aliphatic carbocycles. The van der Waals surface area contributed by atoms with E-state index in [0.29, 0.717) is 24.5 Å². The van der Waals surface area contributed by atoms with E-state index in [9.17, 15) is 23.6 Å². The van der Waals surface area contributed by atoms with Crippen LogP contribution in [0.2, 0.25) is 0 Å². The number of ether oxygens (including phenoxy) is 6. The fourth-order valence-electron chi connectivity index (χ4n) is 8.27. The third-order valence-electron chi connectivity index (χ3n) is 12.6. The summed E-state index contributed by atoms with van der Waals surface area (Å²) in [5.74, 6) is -1.93. The molecule has 0 aliphatic rings. The first-order valence-corrected chi connectivity index (χ1v) is 27.1. The van der Waals surface area contributed by atoms with E-state index in [0.717, 1.165) is 38.2 Å². The minimum absolute atomic E-state index is 0.0141. The van der Waals surface area contributed by atoms with Crippen molar-refractivity contribution in [3.63, 3.8) is 0 Å². The standard InChI is InChI=1S/C62H77FO10/c1-3-5-7-9-11-13-15-17-19-21-23-25-44-68-52-37-30-48(31-38-52)59(64)70-53-39-32-49(33-40-53)60(65)72-55-28-27-29-56(47-55)73-61(66)50-34-41-54(42-35-50)71-62(67)51-36-43-58(57(63)46-51)69-45-26-24-22-20-18-16-14-12-10-8-6-4-2/h27-43,46-47H,3-26,44-45H2,1-2H3. The zero-order valence-electron chi connectivity index (χ0n) is 43.3. The first-order chi connectivity index (χ1) is 35.7. The summed E-state index contributed by atoms with van der Waals surface area (Å²) in [6.07, 6.45) is 30.1. The van der Waals surface area contributed by atoms with Crippen LogP contribution in [0.15, 0.2) is 115 Å². The number of carbonyl (C=O) groups is 4. The average molecular weight is 1000 g/mol. The van der Waals surface area contributed by atoms with Crippen molar-refractivity contribution in [1.82, 2.24) is 0 Å². The molecule has 5 aromatic rings. The molecule has 10 nitrogen and oxygen atoms in total. The van der Waals surface area contributed by atoms with E-state index in [2.05, 4.69) is 13.8 Å². The average Bonchev–Trinajstić information content (AvgIpc) is 3.40. The molecule has 11 heteroatoms. The maximum atomic E-state index is 14.8. The predicted molar refractivity (Wildman–Crippen MR) is 285 cm³/mol. The summed E-state index contributed by atoms with van der Waals surface area (Å²) in [7, 11) is 0. The second-order valence-corrected chi connectivity index (χ2v) is 18.7. The minimum atomic E-state index is -0.768. The fraction of sp³-hybridized carbons (Fsp3) is 0.452. The molecule has 73 heavy (non-hydrogen) atoms. The molecule has 0 unspecified atom stereocenters. The summed E-state index contributed by atoms with van der Waals surface area (Å²) >= 11 is 0. The van der Waals surface area contributed by atoms with Crippen molar-refractivity contribution >= 4 is 23.9 Å². The van der Waals surface area contributed by atoms with Crippen molar-refractivity contribution in [3.8, 4) is 34.5 Å². The molecular formula is C62H77FO10. The molecule has 0 saturated heterocycles. The van der Waals surface area contributed by atoms with Gasteiger partial charge >= 0.3 is 23.9 Å². The Morgan fingerprint density at radius 3 is 1.03 bits per heavy atom. The van der Waals surface area contributed by atoms with Crippen LogP contribution in [0.25, 0.3) is 0 Å². The largest absolute Gasteiger partial charge is 0.494 e. The molecule has 0 N–H and O–H groups in total. The summed E-state index contributed by atoms with van der Waals surface area (Å²) in [6.45, 7) is 5.52. The Balaban J connectivity index is 0.959. The van der Waals surface area contributed by atoms with Crippen molar-refractivity contribution in [2.24, 2.45) is 0 Å². The second-order valence-electron chi connectivity index (χ2n) is 18.7. The quantitative estimate of drug-likeness (QED) is 0.0218. The van der Waals surface area contributed by atoms with Crippen LogP contribution < -0.4 is 28.4 Å². The lowest BCUT2D eigenvalue weighted by atomic mass is 10.1. The van der Waals surface area contributed by atoms with Gasteiger partial charge in [-0.1, -0.05) is 161 Å². The number of benzene rings is 5. The SMILES string of the molecule is CCCCCCCCCCCCCCOc1ccc(C(=O)Oc2ccc(C(=O)Oc3cccc(OC(=O)c4ccc(OC(=O)c5ccc(OCCCCCCCCCCCCCC)c(F)c5)cc4)c3)cc2)cc1. The highest BCUT2D eigenvalue weighted by Crippen LogP contribution is 2.25. The van der Waals surface area contributed by atoms with Crippen molar-refractivity contribution in [2.45, 2.75) is 168 Å². The maximum absolute atomic E-state index is 14.8. The Labute approximate surface area is 433 Å². The van der Waals surface area contributed by atoms with E-state index in [-0.39, 0.29) is 45.4 Å². The van der Waals surface area contributed by atoms with Gasteiger partial charge in [-0.05, 0) is 116 Å². The molecular weight excluding hydrogens is 924 g/mol. The first-order valence-electron chi connectivity index (χ1n) is 27.1. The van der Waals surface area contributed by atoms with E-state index in [4.69, 9.17) is 28.4 Å². The molecule has 0 aromatic heterocycles. The zero-order chi connectivity index (χ0) is 51.7. The molecule has 0 atom stereocenters. The van der Waals surface area contributed by atoms with Gasteiger partial charge in [-0.3, -0.25) is 0 Å². The Morgan fingerprint density at radius 2 is 0.644 bits per heavy atom. The van der Waals surface area contributed by atoms with Gasteiger partial charge in [0.25, 0.3) is 0 Å². The number of rotatable bonds is 36. The van der Waals surface area contributed by atoms with Gasteiger partial charge in [0, 0.05) is 6.07 Å². The van der Waals surface area contributed by atoms with Crippen molar-refractivity contribution in [2.75, 3.05) is 13.2 Å². The summed E-state index contributed by atoms with van der Waals surface area (Å²) in [5.41, 5.74) is 0.741. The topological polar surface area (TPSA) is 124 Å².